The maximum absolute atomic E-state index is 10.3. The Morgan fingerprint density at radius 1 is 1.80 bits per heavy atom. The molecule has 1 atom stereocenters. The number of nitrogens with two attached hydrogens (primary N) is 1. The van der Waals surface area contributed by atoms with Crippen molar-refractivity contribution in [3.63, 3.8) is 0 Å². The maximum Gasteiger partial charge on any atom is 0.237 e. The molecule has 0 aliphatic rings. The van der Waals surface area contributed by atoms with E-state index in [1.54, 1.807) is 0 Å². The van der Waals surface area contributed by atoms with Crippen molar-refractivity contribution in [1.29, 1.82) is 0 Å². The van der Waals surface area contributed by atoms with Crippen LogP contribution in [0, 0.1) is 0 Å². The lowest BCUT2D eigenvalue weighted by Gasteiger charge is -2.04. The first-order valence-electron chi connectivity index (χ1n) is 3.19. The third kappa shape index (κ3) is 4.58. The fourth-order valence-electron chi connectivity index (χ4n) is 0.413. The van der Waals surface area contributed by atoms with Crippen LogP contribution in [0.1, 0.15) is 13.3 Å². The lowest BCUT2D eigenvalue weighted by atomic mass is 10.4. The predicted octanol–water partition coefficient (Wildman–Crippen LogP) is 0.506. The third-order valence-corrected chi connectivity index (χ3v) is 1.26. The quantitative estimate of drug-likeness (QED) is 0.477. The van der Waals surface area contributed by atoms with Gasteiger partial charge in [-0.3, -0.25) is 4.79 Å². The zero-order valence-electron chi connectivity index (χ0n) is 5.97. The van der Waals surface area contributed by atoms with E-state index in [0.29, 0.717) is 6.61 Å². The molecule has 0 bridgehead atoms. The molecule has 0 saturated carbocycles. The van der Waals surface area contributed by atoms with Gasteiger partial charge in [0.1, 0.15) is 5.38 Å². The summed E-state index contributed by atoms with van der Waals surface area (Å²) in [6.45, 7) is 2.81. The average Bonchev–Trinajstić information content (AvgIpc) is 1.88. The molecular weight excluding hydrogens is 154 g/mol. The molecule has 2 N–H and O–H groups in total. The molecular formula is C6H12ClNO2. The molecule has 60 valence electrons. The van der Waals surface area contributed by atoms with E-state index in [-0.39, 0.29) is 6.61 Å². The molecule has 0 radical (unpaired) electrons. The monoisotopic (exact) mass is 165 g/mol. The molecule has 0 aliphatic heterocycles. The van der Waals surface area contributed by atoms with Crippen LogP contribution < -0.4 is 5.73 Å². The molecule has 0 saturated heterocycles. The molecule has 0 aliphatic carbocycles. The van der Waals surface area contributed by atoms with Gasteiger partial charge in [0.2, 0.25) is 5.91 Å². The molecule has 0 fully saturated rings. The van der Waals surface area contributed by atoms with Crippen LogP contribution in [0.2, 0.25) is 0 Å². The molecule has 10 heavy (non-hydrogen) atoms. The first kappa shape index (κ1) is 9.72. The van der Waals surface area contributed by atoms with Gasteiger partial charge in [-0.15, -0.1) is 11.6 Å². The highest BCUT2D eigenvalue weighted by Crippen LogP contribution is 1.95. The third-order valence-electron chi connectivity index (χ3n) is 0.921. The van der Waals surface area contributed by atoms with Crippen molar-refractivity contribution >= 4 is 17.5 Å². The number of hydrogen-bond acceptors (Lipinski definition) is 2. The van der Waals surface area contributed by atoms with Crippen molar-refractivity contribution in [3.05, 3.63) is 0 Å². The Labute approximate surface area is 65.5 Å². The van der Waals surface area contributed by atoms with Gasteiger partial charge >= 0.3 is 0 Å². The summed E-state index contributed by atoms with van der Waals surface area (Å²) in [5, 5.41) is -0.688. The summed E-state index contributed by atoms with van der Waals surface area (Å²) in [6.07, 6.45) is 0.919. The molecule has 0 spiro atoms. The fourth-order valence-corrected chi connectivity index (χ4v) is 0.502. The highest BCUT2D eigenvalue weighted by Gasteiger charge is 2.09. The smallest absolute Gasteiger partial charge is 0.237 e. The van der Waals surface area contributed by atoms with E-state index in [4.69, 9.17) is 22.1 Å². The second-order valence-corrected chi connectivity index (χ2v) is 2.47. The van der Waals surface area contributed by atoms with Crippen molar-refractivity contribution in [1.82, 2.24) is 0 Å². The van der Waals surface area contributed by atoms with E-state index in [9.17, 15) is 4.79 Å². The van der Waals surface area contributed by atoms with E-state index in [1.165, 1.54) is 0 Å². The zero-order valence-corrected chi connectivity index (χ0v) is 6.73. The van der Waals surface area contributed by atoms with Crippen LogP contribution in [0.3, 0.4) is 0 Å². The molecule has 0 aromatic carbocycles. The maximum atomic E-state index is 10.3. The lowest BCUT2D eigenvalue weighted by molar-refractivity contribution is -0.118. The van der Waals surface area contributed by atoms with E-state index in [0.717, 1.165) is 6.42 Å². The minimum absolute atomic E-state index is 0.213. The first-order valence-corrected chi connectivity index (χ1v) is 3.63. The van der Waals surface area contributed by atoms with Crippen molar-refractivity contribution in [2.75, 3.05) is 13.2 Å². The highest BCUT2D eigenvalue weighted by molar-refractivity contribution is 6.30. The van der Waals surface area contributed by atoms with Crippen LogP contribution >= 0.6 is 11.6 Å². The average molecular weight is 166 g/mol. The van der Waals surface area contributed by atoms with Crippen molar-refractivity contribution < 1.29 is 9.53 Å². The Balaban J connectivity index is 3.21. The van der Waals surface area contributed by atoms with Gasteiger partial charge in [0.25, 0.3) is 0 Å². The summed E-state index contributed by atoms with van der Waals surface area (Å²) < 4.78 is 4.97. The molecule has 0 rings (SSSR count). The van der Waals surface area contributed by atoms with Crippen LogP contribution in [0.5, 0.6) is 0 Å². The second-order valence-electron chi connectivity index (χ2n) is 1.94. The van der Waals surface area contributed by atoms with Crippen molar-refractivity contribution in [3.8, 4) is 0 Å². The van der Waals surface area contributed by atoms with Gasteiger partial charge in [0.05, 0.1) is 6.61 Å². The van der Waals surface area contributed by atoms with Crippen molar-refractivity contribution in [2.24, 2.45) is 5.73 Å². The van der Waals surface area contributed by atoms with Crippen LogP contribution in [0.25, 0.3) is 0 Å². The van der Waals surface area contributed by atoms with E-state index in [1.807, 2.05) is 6.92 Å². The Hall–Kier alpha value is -0.280. The van der Waals surface area contributed by atoms with Gasteiger partial charge in [-0.25, -0.2) is 0 Å². The number of hydrogen-bond donors (Lipinski definition) is 1. The number of rotatable bonds is 5. The van der Waals surface area contributed by atoms with Crippen LogP contribution in [-0.2, 0) is 9.53 Å². The van der Waals surface area contributed by atoms with E-state index in [2.05, 4.69) is 0 Å². The number of ether oxygens (including phenoxy) is 1. The lowest BCUT2D eigenvalue weighted by Crippen LogP contribution is -2.27. The van der Waals surface area contributed by atoms with Crippen LogP contribution in [0.15, 0.2) is 0 Å². The molecule has 0 aromatic rings. The minimum atomic E-state index is -0.688. The number of alkyl halides is 1. The first-order chi connectivity index (χ1) is 4.68. The Morgan fingerprint density at radius 2 is 2.40 bits per heavy atom. The number of amides is 1. The zero-order chi connectivity index (χ0) is 7.98. The largest absolute Gasteiger partial charge is 0.379 e. The molecule has 1 amide bonds. The van der Waals surface area contributed by atoms with Gasteiger partial charge in [-0.1, -0.05) is 6.92 Å². The Bertz CT molecular complexity index is 108. The fraction of sp³-hybridized carbons (Fsp3) is 0.833. The second kappa shape index (κ2) is 5.50. The normalized spacial score (nSPS) is 13.0. The Morgan fingerprint density at radius 3 is 2.80 bits per heavy atom. The Kier molecular flexibility index (Phi) is 5.35. The number of carbonyl (C=O) groups excluding carboxylic acids is 1. The number of carbonyl (C=O) groups is 1. The molecule has 3 nitrogen and oxygen atoms in total. The van der Waals surface area contributed by atoms with Crippen LogP contribution in [-0.4, -0.2) is 24.5 Å². The summed E-state index contributed by atoms with van der Waals surface area (Å²) in [5.74, 6) is -0.530. The van der Waals surface area contributed by atoms with Gasteiger partial charge in [0, 0.05) is 6.61 Å². The van der Waals surface area contributed by atoms with Gasteiger partial charge < -0.3 is 10.5 Å². The van der Waals surface area contributed by atoms with Gasteiger partial charge in [0.15, 0.2) is 0 Å². The van der Waals surface area contributed by atoms with Gasteiger partial charge in [-0.2, -0.15) is 0 Å². The number of halogens is 1. The van der Waals surface area contributed by atoms with Crippen molar-refractivity contribution in [2.45, 2.75) is 18.7 Å². The SMILES string of the molecule is CCCOCC(Cl)C(N)=O. The minimum Gasteiger partial charge on any atom is -0.379 e. The summed E-state index contributed by atoms with van der Waals surface area (Å²) in [5.41, 5.74) is 4.87. The summed E-state index contributed by atoms with van der Waals surface area (Å²) in [7, 11) is 0. The number of primary amides is 1. The molecule has 0 aromatic heterocycles. The topological polar surface area (TPSA) is 52.3 Å². The molecule has 1 unspecified atom stereocenters. The summed E-state index contributed by atoms with van der Waals surface area (Å²) in [4.78, 5) is 10.3. The standard InChI is InChI=1S/C6H12ClNO2/c1-2-3-10-4-5(7)6(8)9/h5H,2-4H2,1H3,(H2,8,9). The molecule has 4 heteroatoms. The van der Waals surface area contributed by atoms with Crippen LogP contribution in [0.4, 0.5) is 0 Å². The van der Waals surface area contributed by atoms with E-state index < -0.39 is 11.3 Å². The van der Waals surface area contributed by atoms with E-state index >= 15 is 0 Å². The highest BCUT2D eigenvalue weighted by atomic mass is 35.5. The summed E-state index contributed by atoms with van der Waals surface area (Å²) >= 11 is 5.45. The summed E-state index contributed by atoms with van der Waals surface area (Å²) in [6, 6.07) is 0. The molecule has 0 heterocycles. The van der Waals surface area contributed by atoms with Gasteiger partial charge in [-0.05, 0) is 6.42 Å². The predicted molar refractivity (Wildman–Crippen MR) is 39.9 cm³/mol.